The smallest absolute Gasteiger partial charge is 0.408 e. The Hall–Kier alpha value is -3.06. The van der Waals surface area contributed by atoms with E-state index in [4.69, 9.17) is 16.3 Å². The Morgan fingerprint density at radius 2 is 1.74 bits per heavy atom. The summed E-state index contributed by atoms with van der Waals surface area (Å²) in [4.78, 5) is 41.3. The number of halogens is 1. The summed E-state index contributed by atoms with van der Waals surface area (Å²) in [6, 6.07) is 11.0. The third-order valence-electron chi connectivity index (χ3n) is 5.65. The molecular weight excluding hydrogens is 466 g/mol. The first-order valence-electron chi connectivity index (χ1n) is 11.8. The first-order valence-corrected chi connectivity index (χ1v) is 12.2. The maximum atomic E-state index is 13.8. The van der Waals surface area contributed by atoms with Gasteiger partial charge in [-0.15, -0.1) is 0 Å². The van der Waals surface area contributed by atoms with E-state index < -0.39 is 23.8 Å². The molecule has 8 heteroatoms. The predicted octanol–water partition coefficient (Wildman–Crippen LogP) is 5.54. The first kappa shape index (κ1) is 26.5. The van der Waals surface area contributed by atoms with Crippen molar-refractivity contribution in [1.82, 2.24) is 10.2 Å². The fourth-order valence-corrected chi connectivity index (χ4v) is 4.17. The standard InChI is InChI=1S/C27H34ClN3O4/c1-16-9-7-11-19(15-16)23(24(32)30-22-17(2)10-8-12-21(22)28)31(20-13-14-20)25(33)18(3)29-26(34)35-27(4,5)6/h7-12,15,18,20,23H,13-14H2,1-6H3,(H,29,34)(H,30,32). The van der Waals surface area contributed by atoms with Gasteiger partial charge in [0.2, 0.25) is 5.91 Å². The molecule has 0 saturated heterocycles. The van der Waals surface area contributed by atoms with Crippen LogP contribution in [0, 0.1) is 13.8 Å². The highest BCUT2D eigenvalue weighted by molar-refractivity contribution is 6.34. The fourth-order valence-electron chi connectivity index (χ4n) is 3.90. The van der Waals surface area contributed by atoms with Gasteiger partial charge in [0.25, 0.3) is 5.91 Å². The molecule has 2 aromatic carbocycles. The molecule has 0 aliphatic heterocycles. The van der Waals surface area contributed by atoms with E-state index in [9.17, 15) is 14.4 Å². The van der Waals surface area contributed by atoms with E-state index in [-0.39, 0.29) is 17.9 Å². The Bertz CT molecular complexity index is 1090. The number of rotatable bonds is 7. The molecule has 0 radical (unpaired) electrons. The number of ether oxygens (including phenoxy) is 1. The van der Waals surface area contributed by atoms with Crippen LogP contribution in [0.5, 0.6) is 0 Å². The van der Waals surface area contributed by atoms with Gasteiger partial charge in [0.15, 0.2) is 0 Å². The van der Waals surface area contributed by atoms with Crippen LogP contribution in [0.4, 0.5) is 10.5 Å². The van der Waals surface area contributed by atoms with E-state index in [2.05, 4.69) is 10.6 Å². The van der Waals surface area contributed by atoms with Gasteiger partial charge in [-0.05, 0) is 71.6 Å². The van der Waals surface area contributed by atoms with Gasteiger partial charge in [0, 0.05) is 6.04 Å². The van der Waals surface area contributed by atoms with Crippen LogP contribution in [-0.4, -0.2) is 40.5 Å². The quantitative estimate of drug-likeness (QED) is 0.523. The van der Waals surface area contributed by atoms with Crippen LogP contribution in [0.2, 0.25) is 5.02 Å². The number of carbonyl (C=O) groups excluding carboxylic acids is 3. The molecule has 1 aliphatic rings. The largest absolute Gasteiger partial charge is 0.444 e. The number of hydrogen-bond acceptors (Lipinski definition) is 4. The van der Waals surface area contributed by atoms with Crippen LogP contribution in [0.25, 0.3) is 0 Å². The number of aryl methyl sites for hydroxylation is 2. The van der Waals surface area contributed by atoms with E-state index >= 15 is 0 Å². The zero-order chi connectivity index (χ0) is 25.9. The maximum absolute atomic E-state index is 13.8. The molecule has 0 aromatic heterocycles. The molecule has 2 N–H and O–H groups in total. The summed E-state index contributed by atoms with van der Waals surface area (Å²) < 4.78 is 5.31. The minimum absolute atomic E-state index is 0.103. The summed E-state index contributed by atoms with van der Waals surface area (Å²) in [5.74, 6) is -0.715. The summed E-state index contributed by atoms with van der Waals surface area (Å²) in [7, 11) is 0. The van der Waals surface area contributed by atoms with Crippen molar-refractivity contribution in [3.05, 3.63) is 64.2 Å². The van der Waals surface area contributed by atoms with Crippen molar-refractivity contribution in [3.8, 4) is 0 Å². The third kappa shape index (κ3) is 6.98. The highest BCUT2D eigenvalue weighted by Gasteiger charge is 2.43. The van der Waals surface area contributed by atoms with Crippen molar-refractivity contribution >= 4 is 35.2 Å². The summed E-state index contributed by atoms with van der Waals surface area (Å²) in [5.41, 5.74) is 2.30. The van der Waals surface area contributed by atoms with Gasteiger partial charge in [-0.2, -0.15) is 0 Å². The number of nitrogens with zero attached hydrogens (tertiary/aromatic N) is 1. The first-order chi connectivity index (χ1) is 16.4. The number of carbonyl (C=O) groups is 3. The minimum atomic E-state index is -0.895. The van der Waals surface area contributed by atoms with Crippen LogP contribution < -0.4 is 10.6 Å². The lowest BCUT2D eigenvalue weighted by Gasteiger charge is -2.34. The lowest BCUT2D eigenvalue weighted by molar-refractivity contribution is -0.141. The Morgan fingerprint density at radius 1 is 1.09 bits per heavy atom. The van der Waals surface area contributed by atoms with E-state index in [0.29, 0.717) is 16.3 Å². The van der Waals surface area contributed by atoms with Crippen LogP contribution >= 0.6 is 11.6 Å². The Labute approximate surface area is 212 Å². The fraction of sp³-hybridized carbons (Fsp3) is 0.444. The van der Waals surface area contributed by atoms with Crippen molar-refractivity contribution in [2.24, 2.45) is 0 Å². The second kappa shape index (κ2) is 10.7. The zero-order valence-corrected chi connectivity index (χ0v) is 21.9. The van der Waals surface area contributed by atoms with Gasteiger partial charge in [-0.1, -0.05) is 53.6 Å². The number of benzene rings is 2. The molecule has 1 aliphatic carbocycles. The predicted molar refractivity (Wildman–Crippen MR) is 137 cm³/mol. The van der Waals surface area contributed by atoms with Crippen molar-refractivity contribution < 1.29 is 19.1 Å². The van der Waals surface area contributed by atoms with Gasteiger partial charge < -0.3 is 20.3 Å². The second-order valence-electron chi connectivity index (χ2n) is 10.1. The highest BCUT2D eigenvalue weighted by Crippen LogP contribution is 2.37. The molecule has 0 heterocycles. The monoisotopic (exact) mass is 499 g/mol. The summed E-state index contributed by atoms with van der Waals surface area (Å²) in [5, 5.41) is 5.99. The van der Waals surface area contributed by atoms with Gasteiger partial charge in [0.1, 0.15) is 17.7 Å². The van der Waals surface area contributed by atoms with Crippen LogP contribution in [-0.2, 0) is 14.3 Å². The molecule has 188 valence electrons. The molecule has 35 heavy (non-hydrogen) atoms. The summed E-state index contributed by atoms with van der Waals surface area (Å²) in [6.45, 7) is 10.7. The number of amides is 3. The van der Waals surface area contributed by atoms with Crippen molar-refractivity contribution in [2.45, 2.75) is 78.1 Å². The normalized spacial score (nSPS) is 15.1. The average molecular weight is 500 g/mol. The van der Waals surface area contributed by atoms with Gasteiger partial charge >= 0.3 is 6.09 Å². The number of anilines is 1. The molecule has 1 fully saturated rings. The van der Waals surface area contributed by atoms with Gasteiger partial charge in [-0.3, -0.25) is 9.59 Å². The lowest BCUT2D eigenvalue weighted by atomic mass is 10.0. The molecule has 0 bridgehead atoms. The van der Waals surface area contributed by atoms with Crippen LogP contribution in [0.1, 0.15) is 63.3 Å². The third-order valence-corrected chi connectivity index (χ3v) is 5.97. The summed E-state index contributed by atoms with van der Waals surface area (Å²) in [6.07, 6.45) is 0.884. The molecule has 1 saturated carbocycles. The van der Waals surface area contributed by atoms with Gasteiger partial charge in [0.05, 0.1) is 10.7 Å². The van der Waals surface area contributed by atoms with Crippen molar-refractivity contribution in [3.63, 3.8) is 0 Å². The van der Waals surface area contributed by atoms with Crippen LogP contribution in [0.3, 0.4) is 0 Å². The Balaban J connectivity index is 1.94. The molecule has 2 unspecified atom stereocenters. The van der Waals surface area contributed by atoms with Crippen LogP contribution in [0.15, 0.2) is 42.5 Å². The molecule has 3 amide bonds. The van der Waals surface area contributed by atoms with Crippen molar-refractivity contribution in [1.29, 1.82) is 0 Å². The molecular formula is C27H34ClN3O4. The number of hydrogen-bond donors (Lipinski definition) is 2. The lowest BCUT2D eigenvalue weighted by Crippen LogP contribution is -2.52. The molecule has 7 nitrogen and oxygen atoms in total. The Morgan fingerprint density at radius 3 is 2.31 bits per heavy atom. The second-order valence-corrected chi connectivity index (χ2v) is 10.5. The van der Waals surface area contributed by atoms with E-state index in [1.54, 1.807) is 38.7 Å². The number of alkyl carbamates (subject to hydrolysis) is 1. The average Bonchev–Trinajstić information content (AvgIpc) is 3.57. The topological polar surface area (TPSA) is 87.7 Å². The van der Waals surface area contributed by atoms with Gasteiger partial charge in [-0.25, -0.2) is 4.79 Å². The van der Waals surface area contributed by atoms with E-state index in [1.807, 2.05) is 50.2 Å². The number of para-hydroxylation sites is 1. The molecule has 2 atom stereocenters. The van der Waals surface area contributed by atoms with E-state index in [1.165, 1.54) is 0 Å². The molecule has 2 aromatic rings. The number of nitrogens with one attached hydrogen (secondary N) is 2. The highest BCUT2D eigenvalue weighted by atomic mass is 35.5. The minimum Gasteiger partial charge on any atom is -0.444 e. The summed E-state index contributed by atoms with van der Waals surface area (Å²) >= 11 is 6.37. The van der Waals surface area contributed by atoms with Crippen molar-refractivity contribution in [2.75, 3.05) is 5.32 Å². The maximum Gasteiger partial charge on any atom is 0.408 e. The van der Waals surface area contributed by atoms with E-state index in [0.717, 1.165) is 24.0 Å². The Kier molecular flexibility index (Phi) is 8.11. The SMILES string of the molecule is Cc1cccc(C(C(=O)Nc2c(C)cccc2Cl)N(C(=O)C(C)NC(=O)OC(C)(C)C)C2CC2)c1. The molecule has 0 spiro atoms. The molecule has 3 rings (SSSR count). The zero-order valence-electron chi connectivity index (χ0n) is 21.1.